The minimum absolute atomic E-state index is 0.0395. The molecule has 1 fully saturated rings. The summed E-state index contributed by atoms with van der Waals surface area (Å²) in [5, 5.41) is 12.5. The zero-order valence-corrected chi connectivity index (χ0v) is 28.9. The zero-order valence-electron chi connectivity index (χ0n) is 27.3. The second-order valence-electron chi connectivity index (χ2n) is 11.8. The Labute approximate surface area is 289 Å². The van der Waals surface area contributed by atoms with E-state index in [2.05, 4.69) is 10.6 Å². The van der Waals surface area contributed by atoms with Crippen molar-refractivity contribution in [2.24, 2.45) is 0 Å². The lowest BCUT2D eigenvalue weighted by molar-refractivity contribution is -0.134. The summed E-state index contributed by atoms with van der Waals surface area (Å²) in [5.41, 5.74) is 4.58. The number of aromatic nitrogens is 3. The molecule has 2 aliphatic rings. The van der Waals surface area contributed by atoms with Crippen molar-refractivity contribution in [1.82, 2.24) is 19.7 Å². The SMILES string of the molecule is CCOc1cc(C2C(C(=O)Nc3cccc(C)c3)=C(C)Nc3nc(SCc4ccccc4Cl)nn32)ccc1OCC(=O)N1CCCCC1. The van der Waals surface area contributed by atoms with E-state index in [1.54, 1.807) is 10.7 Å². The molecule has 48 heavy (non-hydrogen) atoms. The highest BCUT2D eigenvalue weighted by Crippen LogP contribution is 2.40. The summed E-state index contributed by atoms with van der Waals surface area (Å²) < 4.78 is 13.8. The number of aryl methyl sites for hydroxylation is 1. The lowest BCUT2D eigenvalue weighted by Crippen LogP contribution is -2.38. The molecule has 0 radical (unpaired) electrons. The van der Waals surface area contributed by atoms with Gasteiger partial charge in [0.1, 0.15) is 6.04 Å². The van der Waals surface area contributed by atoms with E-state index in [0.717, 1.165) is 49.0 Å². The van der Waals surface area contributed by atoms with E-state index in [9.17, 15) is 9.59 Å². The van der Waals surface area contributed by atoms with Gasteiger partial charge in [-0.25, -0.2) is 4.68 Å². The molecule has 12 heteroatoms. The van der Waals surface area contributed by atoms with Gasteiger partial charge in [-0.05, 0) is 87.1 Å². The predicted molar refractivity (Wildman–Crippen MR) is 189 cm³/mol. The number of nitrogens with zero attached hydrogens (tertiary/aromatic N) is 4. The average Bonchev–Trinajstić information content (AvgIpc) is 3.49. The van der Waals surface area contributed by atoms with Crippen LogP contribution in [0.3, 0.4) is 0 Å². The van der Waals surface area contributed by atoms with Gasteiger partial charge in [-0.3, -0.25) is 9.59 Å². The first-order chi connectivity index (χ1) is 23.3. The molecule has 0 bridgehead atoms. The number of amides is 2. The number of carbonyl (C=O) groups excluding carboxylic acids is 2. The Morgan fingerprint density at radius 3 is 2.58 bits per heavy atom. The third-order valence-corrected chi connectivity index (χ3v) is 9.57. The first-order valence-corrected chi connectivity index (χ1v) is 17.5. The molecule has 6 rings (SSSR count). The third kappa shape index (κ3) is 7.63. The number of hydrogen-bond donors (Lipinski definition) is 2. The molecule has 250 valence electrons. The summed E-state index contributed by atoms with van der Waals surface area (Å²) >= 11 is 7.87. The van der Waals surface area contributed by atoms with Crippen LogP contribution in [0.25, 0.3) is 0 Å². The van der Waals surface area contributed by atoms with E-state index in [4.69, 9.17) is 31.2 Å². The smallest absolute Gasteiger partial charge is 0.260 e. The molecule has 10 nitrogen and oxygen atoms in total. The number of benzene rings is 3. The summed E-state index contributed by atoms with van der Waals surface area (Å²) in [6.07, 6.45) is 3.17. The van der Waals surface area contributed by atoms with E-state index in [0.29, 0.717) is 56.9 Å². The number of ether oxygens (including phenoxy) is 2. The molecular formula is C36H39ClN6O4S. The van der Waals surface area contributed by atoms with Crippen molar-refractivity contribution in [3.05, 3.63) is 99.7 Å². The van der Waals surface area contributed by atoms with Gasteiger partial charge in [0.2, 0.25) is 11.1 Å². The van der Waals surface area contributed by atoms with Crippen LogP contribution in [0.15, 0.2) is 83.2 Å². The molecule has 1 atom stereocenters. The number of thioether (sulfide) groups is 1. The van der Waals surface area contributed by atoms with Gasteiger partial charge in [0.25, 0.3) is 11.8 Å². The van der Waals surface area contributed by atoms with Gasteiger partial charge in [-0.2, -0.15) is 4.98 Å². The van der Waals surface area contributed by atoms with E-state index < -0.39 is 6.04 Å². The molecule has 3 aromatic carbocycles. The van der Waals surface area contributed by atoms with Crippen molar-refractivity contribution >= 4 is 46.8 Å². The topological polar surface area (TPSA) is 111 Å². The molecule has 1 unspecified atom stereocenters. The van der Waals surface area contributed by atoms with Gasteiger partial charge < -0.3 is 25.0 Å². The summed E-state index contributed by atoms with van der Waals surface area (Å²) in [5.74, 6) is 1.72. The highest BCUT2D eigenvalue weighted by Gasteiger charge is 2.35. The quantitative estimate of drug-likeness (QED) is 0.159. The van der Waals surface area contributed by atoms with Crippen LogP contribution in [0, 0.1) is 6.92 Å². The summed E-state index contributed by atoms with van der Waals surface area (Å²) in [7, 11) is 0. The summed E-state index contributed by atoms with van der Waals surface area (Å²) in [6, 6.07) is 20.2. The van der Waals surface area contributed by atoms with Gasteiger partial charge >= 0.3 is 0 Å². The van der Waals surface area contributed by atoms with Gasteiger partial charge in [0, 0.05) is 35.2 Å². The van der Waals surface area contributed by atoms with Crippen molar-refractivity contribution in [3.8, 4) is 11.5 Å². The van der Waals surface area contributed by atoms with Crippen molar-refractivity contribution < 1.29 is 19.1 Å². The van der Waals surface area contributed by atoms with Crippen LogP contribution in [0.4, 0.5) is 11.6 Å². The highest BCUT2D eigenvalue weighted by molar-refractivity contribution is 7.98. The predicted octanol–water partition coefficient (Wildman–Crippen LogP) is 7.25. The molecule has 2 aliphatic heterocycles. The van der Waals surface area contributed by atoms with Crippen molar-refractivity contribution in [3.63, 3.8) is 0 Å². The zero-order chi connectivity index (χ0) is 33.6. The number of allylic oxidation sites excluding steroid dienone is 1. The molecule has 0 saturated carbocycles. The maximum atomic E-state index is 14.1. The number of likely N-dealkylation sites (tertiary alicyclic amines) is 1. The maximum absolute atomic E-state index is 14.1. The first kappa shape index (κ1) is 33.4. The Morgan fingerprint density at radius 2 is 1.81 bits per heavy atom. The Hall–Kier alpha value is -4.48. The van der Waals surface area contributed by atoms with Gasteiger partial charge in [-0.1, -0.05) is 59.8 Å². The van der Waals surface area contributed by atoms with E-state index >= 15 is 0 Å². The standard InChI is InChI=1S/C36H39ClN6O4S/c1-4-46-30-20-25(15-16-29(30)47-21-31(44)42-17-8-5-9-18-42)33-32(34(45)39-27-13-10-11-23(2)19-27)24(3)38-35-40-36(41-43(33)35)48-22-26-12-6-7-14-28(26)37/h6-7,10-16,19-20,33H,4-5,8-9,17-18,21-22H2,1-3H3,(H,39,45)(H,38,40,41). The Kier molecular flexibility index (Phi) is 10.6. The van der Waals surface area contributed by atoms with Crippen LogP contribution in [0.1, 0.15) is 55.8 Å². The number of carbonyl (C=O) groups is 2. The first-order valence-electron chi connectivity index (χ1n) is 16.2. The lowest BCUT2D eigenvalue weighted by atomic mass is 9.94. The monoisotopic (exact) mass is 686 g/mol. The van der Waals surface area contributed by atoms with Crippen LogP contribution in [-0.2, 0) is 15.3 Å². The molecule has 1 saturated heterocycles. The molecule has 0 aliphatic carbocycles. The Balaban J connectivity index is 1.33. The van der Waals surface area contributed by atoms with E-state index in [-0.39, 0.29) is 18.4 Å². The van der Waals surface area contributed by atoms with Crippen molar-refractivity contribution in [2.75, 3.05) is 36.9 Å². The molecular weight excluding hydrogens is 648 g/mol. The van der Waals surface area contributed by atoms with E-state index in [1.807, 2.05) is 86.3 Å². The Morgan fingerprint density at radius 1 is 1.00 bits per heavy atom. The molecule has 0 spiro atoms. The third-order valence-electron chi connectivity index (χ3n) is 8.31. The summed E-state index contributed by atoms with van der Waals surface area (Å²) in [4.78, 5) is 33.5. The van der Waals surface area contributed by atoms with Crippen molar-refractivity contribution in [1.29, 1.82) is 0 Å². The largest absolute Gasteiger partial charge is 0.490 e. The summed E-state index contributed by atoms with van der Waals surface area (Å²) in [6.45, 7) is 7.56. The molecule has 2 N–H and O–H groups in total. The van der Waals surface area contributed by atoms with Gasteiger partial charge in [0.05, 0.1) is 12.2 Å². The van der Waals surface area contributed by atoms with Crippen LogP contribution in [0.5, 0.6) is 11.5 Å². The normalized spacial score (nSPS) is 15.8. The maximum Gasteiger partial charge on any atom is 0.260 e. The molecule has 1 aromatic heterocycles. The number of fused-ring (bicyclic) bond motifs is 1. The average molecular weight is 687 g/mol. The number of anilines is 2. The fourth-order valence-corrected chi connectivity index (χ4v) is 7.05. The molecule has 2 amide bonds. The van der Waals surface area contributed by atoms with Crippen LogP contribution in [0.2, 0.25) is 5.02 Å². The van der Waals surface area contributed by atoms with Crippen LogP contribution >= 0.6 is 23.4 Å². The number of nitrogens with one attached hydrogen (secondary N) is 2. The Bertz CT molecular complexity index is 1840. The minimum Gasteiger partial charge on any atom is -0.490 e. The second-order valence-corrected chi connectivity index (χ2v) is 13.2. The van der Waals surface area contributed by atoms with Gasteiger partial charge in [0.15, 0.2) is 18.1 Å². The molecule has 3 heterocycles. The van der Waals surface area contributed by atoms with Crippen LogP contribution < -0.4 is 20.1 Å². The number of piperidine rings is 1. The minimum atomic E-state index is -0.642. The number of hydrogen-bond acceptors (Lipinski definition) is 8. The van der Waals surface area contributed by atoms with E-state index in [1.165, 1.54) is 11.8 Å². The van der Waals surface area contributed by atoms with Crippen molar-refractivity contribution in [2.45, 2.75) is 57.0 Å². The number of rotatable bonds is 11. The van der Waals surface area contributed by atoms with Gasteiger partial charge in [-0.15, -0.1) is 5.10 Å². The molecule has 4 aromatic rings. The fourth-order valence-electron chi connectivity index (χ4n) is 5.93. The van der Waals surface area contributed by atoms with Crippen LogP contribution in [-0.4, -0.2) is 57.8 Å². The fraction of sp³-hybridized carbons (Fsp3) is 0.333. The number of halogens is 1. The lowest BCUT2D eigenvalue weighted by Gasteiger charge is -2.29. The highest BCUT2D eigenvalue weighted by atomic mass is 35.5. The second kappa shape index (κ2) is 15.2.